The maximum Gasteiger partial charge on any atom is 0.107 e. The Morgan fingerprint density at radius 3 is 2.41 bits per heavy atom. The monoisotopic (exact) mass is 350 g/mol. The molecule has 17 heavy (non-hydrogen) atoms. The Kier molecular flexibility index (Phi) is 4.50. The number of hydrogen-bond donors (Lipinski definition) is 1. The van der Waals surface area contributed by atoms with Crippen molar-refractivity contribution in [3.8, 4) is 0 Å². The summed E-state index contributed by atoms with van der Waals surface area (Å²) in [6.07, 6.45) is 0.0189. The average Bonchev–Trinajstić information content (AvgIpc) is 2.63. The van der Waals surface area contributed by atoms with E-state index in [1.165, 1.54) is 11.3 Å². The van der Waals surface area contributed by atoms with Crippen molar-refractivity contribution in [3.63, 3.8) is 0 Å². The van der Waals surface area contributed by atoms with Crippen LogP contribution >= 0.6 is 50.5 Å². The predicted octanol–water partition coefficient (Wildman–Crippen LogP) is 5.09. The van der Waals surface area contributed by atoms with Crippen molar-refractivity contribution in [1.29, 1.82) is 0 Å². The third-order valence-corrected chi connectivity index (χ3v) is 5.16. The third-order valence-electron chi connectivity index (χ3n) is 2.33. The Morgan fingerprint density at radius 1 is 1.24 bits per heavy atom. The van der Waals surface area contributed by atoms with Gasteiger partial charge >= 0.3 is 0 Å². The molecule has 0 bridgehead atoms. The summed E-state index contributed by atoms with van der Waals surface area (Å²) in [5.74, 6) is 0. The first kappa shape index (κ1) is 13.4. The summed E-state index contributed by atoms with van der Waals surface area (Å²) < 4.78 is 1.49. The Hall–Kier alpha value is -0.0600. The summed E-state index contributed by atoms with van der Waals surface area (Å²) in [6.45, 7) is 0. The lowest BCUT2D eigenvalue weighted by Gasteiger charge is -2.08. The zero-order valence-corrected chi connectivity index (χ0v) is 12.6. The minimum Gasteiger partial charge on any atom is -0.387 e. The molecule has 0 aliphatic heterocycles. The lowest BCUT2D eigenvalue weighted by Crippen LogP contribution is -1.99. The Labute approximate surface area is 122 Å². The summed E-state index contributed by atoms with van der Waals surface area (Å²) in [6, 6.07) is 9.32. The van der Waals surface area contributed by atoms with E-state index in [0.29, 0.717) is 15.8 Å². The van der Waals surface area contributed by atoms with Gasteiger partial charge in [-0.05, 0) is 39.7 Å². The highest BCUT2D eigenvalue weighted by atomic mass is 79.9. The van der Waals surface area contributed by atoms with E-state index < -0.39 is 6.10 Å². The number of benzene rings is 1. The number of aliphatic hydroxyl groups excluding tert-OH is 1. The van der Waals surface area contributed by atoms with Gasteiger partial charge in [0.05, 0.1) is 6.10 Å². The molecule has 0 radical (unpaired) electrons. The van der Waals surface area contributed by atoms with Gasteiger partial charge in [0.2, 0.25) is 0 Å². The number of thiophene rings is 1. The van der Waals surface area contributed by atoms with Crippen molar-refractivity contribution in [2.75, 3.05) is 0 Å². The van der Waals surface area contributed by atoms with Crippen LogP contribution in [0.4, 0.5) is 0 Å². The highest BCUT2D eigenvalue weighted by Gasteiger charge is 2.13. The van der Waals surface area contributed by atoms with Crippen molar-refractivity contribution in [3.05, 3.63) is 54.6 Å². The summed E-state index contributed by atoms with van der Waals surface area (Å²) in [7, 11) is 0. The van der Waals surface area contributed by atoms with Gasteiger partial charge in [0.15, 0.2) is 0 Å². The van der Waals surface area contributed by atoms with Crippen LogP contribution < -0.4 is 0 Å². The largest absolute Gasteiger partial charge is 0.387 e. The van der Waals surface area contributed by atoms with Crippen LogP contribution in [0.5, 0.6) is 0 Å². The standard InChI is InChI=1S/C12H9BrCl2OS/c13-9-6-11(17-12(9)15)10(16)5-7-1-3-8(14)4-2-7/h1-4,6,10,16H,5H2. The topological polar surface area (TPSA) is 20.2 Å². The second-order valence-electron chi connectivity index (χ2n) is 3.62. The Morgan fingerprint density at radius 2 is 1.88 bits per heavy atom. The molecule has 1 heterocycles. The molecule has 0 fully saturated rings. The zero-order chi connectivity index (χ0) is 12.4. The van der Waals surface area contributed by atoms with Gasteiger partial charge < -0.3 is 5.11 Å². The van der Waals surface area contributed by atoms with Gasteiger partial charge in [-0.1, -0.05) is 35.3 Å². The fourth-order valence-electron chi connectivity index (χ4n) is 1.47. The highest BCUT2D eigenvalue weighted by Crippen LogP contribution is 2.36. The van der Waals surface area contributed by atoms with E-state index >= 15 is 0 Å². The number of rotatable bonds is 3. The number of halogens is 3. The third kappa shape index (κ3) is 3.46. The summed E-state index contributed by atoms with van der Waals surface area (Å²) >= 11 is 16.5. The van der Waals surface area contributed by atoms with Crippen LogP contribution in [0, 0.1) is 0 Å². The van der Waals surface area contributed by atoms with Crippen molar-refractivity contribution in [2.24, 2.45) is 0 Å². The van der Waals surface area contributed by atoms with Gasteiger partial charge in [-0.3, -0.25) is 0 Å². The molecule has 1 nitrogen and oxygen atoms in total. The summed E-state index contributed by atoms with van der Waals surface area (Å²) in [5.41, 5.74) is 1.04. The zero-order valence-electron chi connectivity index (χ0n) is 8.66. The predicted molar refractivity (Wildman–Crippen MR) is 77.1 cm³/mol. The van der Waals surface area contributed by atoms with Crippen molar-refractivity contribution < 1.29 is 5.11 Å². The first-order valence-corrected chi connectivity index (χ1v) is 7.30. The van der Waals surface area contributed by atoms with Gasteiger partial charge in [0.25, 0.3) is 0 Å². The fourth-order valence-corrected chi connectivity index (χ4v) is 3.32. The van der Waals surface area contributed by atoms with E-state index in [-0.39, 0.29) is 0 Å². The lowest BCUT2D eigenvalue weighted by molar-refractivity contribution is 0.182. The fraction of sp³-hybridized carbons (Fsp3) is 0.167. The molecule has 1 unspecified atom stereocenters. The van der Waals surface area contributed by atoms with Crippen molar-refractivity contribution in [1.82, 2.24) is 0 Å². The van der Waals surface area contributed by atoms with E-state index in [1.807, 2.05) is 30.3 Å². The van der Waals surface area contributed by atoms with Crippen LogP contribution in [0.3, 0.4) is 0 Å². The van der Waals surface area contributed by atoms with Gasteiger partial charge in [-0.15, -0.1) is 11.3 Å². The highest BCUT2D eigenvalue weighted by molar-refractivity contribution is 9.10. The molecule has 90 valence electrons. The first-order chi connectivity index (χ1) is 8.06. The minimum absolute atomic E-state index is 0.537. The van der Waals surface area contributed by atoms with Crippen LogP contribution in [0.2, 0.25) is 9.36 Å². The van der Waals surface area contributed by atoms with E-state index in [4.69, 9.17) is 23.2 Å². The van der Waals surface area contributed by atoms with Crippen LogP contribution in [0.25, 0.3) is 0 Å². The molecule has 1 aromatic carbocycles. The van der Waals surface area contributed by atoms with Crippen LogP contribution in [0.1, 0.15) is 16.5 Å². The number of aliphatic hydroxyl groups is 1. The van der Waals surface area contributed by atoms with E-state index in [1.54, 1.807) is 0 Å². The maximum atomic E-state index is 10.1. The van der Waals surface area contributed by atoms with E-state index in [0.717, 1.165) is 14.9 Å². The molecule has 0 spiro atoms. The quantitative estimate of drug-likeness (QED) is 0.816. The first-order valence-electron chi connectivity index (χ1n) is 4.93. The van der Waals surface area contributed by atoms with Crippen LogP contribution in [-0.4, -0.2) is 5.11 Å². The van der Waals surface area contributed by atoms with Gasteiger partial charge in [-0.25, -0.2) is 0 Å². The minimum atomic E-state index is -0.537. The maximum absolute atomic E-state index is 10.1. The van der Waals surface area contributed by atoms with Gasteiger partial charge in [0, 0.05) is 20.8 Å². The van der Waals surface area contributed by atoms with Gasteiger partial charge in [-0.2, -0.15) is 0 Å². The average molecular weight is 352 g/mol. The molecular formula is C12H9BrCl2OS. The molecule has 0 saturated heterocycles. The van der Waals surface area contributed by atoms with Crippen molar-refractivity contribution in [2.45, 2.75) is 12.5 Å². The molecule has 0 aliphatic rings. The summed E-state index contributed by atoms with van der Waals surface area (Å²) in [4.78, 5) is 0.858. The molecule has 0 amide bonds. The molecule has 0 saturated carbocycles. The molecule has 2 aromatic rings. The Balaban J connectivity index is 2.11. The smallest absolute Gasteiger partial charge is 0.107 e. The van der Waals surface area contributed by atoms with E-state index in [2.05, 4.69) is 15.9 Å². The van der Waals surface area contributed by atoms with E-state index in [9.17, 15) is 5.11 Å². The van der Waals surface area contributed by atoms with Crippen molar-refractivity contribution >= 4 is 50.5 Å². The van der Waals surface area contributed by atoms with Crippen LogP contribution in [0.15, 0.2) is 34.8 Å². The second kappa shape index (κ2) is 5.72. The van der Waals surface area contributed by atoms with Gasteiger partial charge in [0.1, 0.15) is 4.34 Å². The normalized spacial score (nSPS) is 12.7. The van der Waals surface area contributed by atoms with Crippen LogP contribution in [-0.2, 0) is 6.42 Å². The molecule has 0 aliphatic carbocycles. The molecule has 1 atom stereocenters. The molecule has 1 aromatic heterocycles. The second-order valence-corrected chi connectivity index (χ2v) is 6.59. The SMILES string of the molecule is OC(Cc1ccc(Cl)cc1)c1cc(Br)c(Cl)s1. The summed E-state index contributed by atoms with van der Waals surface area (Å²) in [5, 5.41) is 10.8. The molecule has 5 heteroatoms. The number of hydrogen-bond acceptors (Lipinski definition) is 2. The Bertz CT molecular complexity index is 490. The molecule has 1 N–H and O–H groups in total. The molecule has 2 rings (SSSR count). The molecular weight excluding hydrogens is 343 g/mol. The lowest BCUT2D eigenvalue weighted by atomic mass is 10.1.